The first-order valence-corrected chi connectivity index (χ1v) is 11.3. The van der Waals surface area contributed by atoms with Crippen molar-refractivity contribution in [2.45, 2.75) is 44.8 Å². The van der Waals surface area contributed by atoms with Crippen molar-refractivity contribution >= 4 is 33.2 Å². The van der Waals surface area contributed by atoms with Gasteiger partial charge in [0.15, 0.2) is 0 Å². The number of anilines is 1. The van der Waals surface area contributed by atoms with Gasteiger partial charge in [-0.15, -0.1) is 0 Å². The highest BCUT2D eigenvalue weighted by molar-refractivity contribution is 7.92. The molecule has 6 nitrogen and oxygen atoms in total. The Bertz CT molecular complexity index is 1030. The van der Waals surface area contributed by atoms with Gasteiger partial charge in [-0.1, -0.05) is 17.7 Å². The summed E-state index contributed by atoms with van der Waals surface area (Å²) in [4.78, 5) is 14.6. The highest BCUT2D eigenvalue weighted by Crippen LogP contribution is 2.25. The molecular weight excluding hydrogens is 412 g/mol. The molecule has 0 bridgehead atoms. The number of morpholine rings is 1. The van der Waals surface area contributed by atoms with Crippen LogP contribution in [0.3, 0.4) is 0 Å². The van der Waals surface area contributed by atoms with Crippen LogP contribution in [0.4, 0.5) is 5.69 Å². The smallest absolute Gasteiger partial charge is 0.261 e. The molecule has 2 atom stereocenters. The number of ether oxygens (including phenoxy) is 1. The van der Waals surface area contributed by atoms with E-state index in [0.29, 0.717) is 18.8 Å². The van der Waals surface area contributed by atoms with Gasteiger partial charge < -0.3 is 9.64 Å². The van der Waals surface area contributed by atoms with E-state index in [0.717, 1.165) is 11.1 Å². The van der Waals surface area contributed by atoms with Crippen LogP contribution < -0.4 is 4.72 Å². The number of amides is 1. The largest absolute Gasteiger partial charge is 0.372 e. The Hall–Kier alpha value is -2.09. The molecule has 1 N–H and O–H groups in total. The minimum atomic E-state index is -3.87. The number of halogens is 1. The van der Waals surface area contributed by atoms with Gasteiger partial charge in [0, 0.05) is 18.8 Å². The molecule has 29 heavy (non-hydrogen) atoms. The topological polar surface area (TPSA) is 75.7 Å². The average molecular weight is 437 g/mol. The van der Waals surface area contributed by atoms with Gasteiger partial charge in [0.05, 0.1) is 27.7 Å². The molecule has 1 aliphatic rings. The van der Waals surface area contributed by atoms with Gasteiger partial charge in [-0.25, -0.2) is 8.42 Å². The fourth-order valence-corrected chi connectivity index (χ4v) is 4.64. The molecular formula is C21H25ClN2O4S. The third-order valence-electron chi connectivity index (χ3n) is 4.94. The van der Waals surface area contributed by atoms with E-state index >= 15 is 0 Å². The Balaban J connectivity index is 1.89. The van der Waals surface area contributed by atoms with Crippen LogP contribution in [0.25, 0.3) is 0 Å². The molecule has 0 aromatic heterocycles. The Morgan fingerprint density at radius 1 is 1.07 bits per heavy atom. The maximum absolute atomic E-state index is 13.0. The molecule has 1 aliphatic heterocycles. The molecule has 156 valence electrons. The van der Waals surface area contributed by atoms with Crippen molar-refractivity contribution in [1.29, 1.82) is 0 Å². The monoisotopic (exact) mass is 436 g/mol. The average Bonchev–Trinajstić information content (AvgIpc) is 2.63. The van der Waals surface area contributed by atoms with E-state index in [1.807, 2.05) is 33.8 Å². The number of nitrogens with zero attached hydrogens (tertiary/aromatic N) is 1. The minimum absolute atomic E-state index is 0.0159. The number of sulfonamides is 1. The summed E-state index contributed by atoms with van der Waals surface area (Å²) in [6, 6.07) is 9.50. The molecule has 0 aliphatic carbocycles. The van der Waals surface area contributed by atoms with Crippen molar-refractivity contribution in [3.8, 4) is 0 Å². The van der Waals surface area contributed by atoms with E-state index in [1.165, 1.54) is 18.2 Å². The predicted molar refractivity (Wildman–Crippen MR) is 114 cm³/mol. The lowest BCUT2D eigenvalue weighted by molar-refractivity contribution is -0.0586. The second-order valence-electron chi connectivity index (χ2n) is 7.51. The van der Waals surface area contributed by atoms with Crippen LogP contribution in [0.1, 0.15) is 35.3 Å². The molecule has 3 rings (SSSR count). The normalized spacial score (nSPS) is 19.8. The van der Waals surface area contributed by atoms with E-state index in [1.54, 1.807) is 17.0 Å². The number of carbonyl (C=O) groups excluding carboxylic acids is 1. The van der Waals surface area contributed by atoms with Crippen LogP contribution in [0, 0.1) is 13.8 Å². The Kier molecular flexibility index (Phi) is 6.22. The fourth-order valence-electron chi connectivity index (χ4n) is 3.37. The first-order valence-electron chi connectivity index (χ1n) is 9.41. The summed E-state index contributed by atoms with van der Waals surface area (Å²) in [6.07, 6.45) is -0.195. The molecule has 0 spiro atoms. The van der Waals surface area contributed by atoms with Gasteiger partial charge >= 0.3 is 0 Å². The van der Waals surface area contributed by atoms with E-state index in [9.17, 15) is 13.2 Å². The molecule has 1 heterocycles. The van der Waals surface area contributed by atoms with Gasteiger partial charge in [0.2, 0.25) is 0 Å². The van der Waals surface area contributed by atoms with Gasteiger partial charge in [-0.3, -0.25) is 9.52 Å². The highest BCUT2D eigenvalue weighted by atomic mass is 35.5. The van der Waals surface area contributed by atoms with Crippen molar-refractivity contribution in [1.82, 2.24) is 4.90 Å². The zero-order valence-corrected chi connectivity index (χ0v) is 18.5. The lowest BCUT2D eigenvalue weighted by Crippen LogP contribution is -2.48. The number of benzene rings is 2. The minimum Gasteiger partial charge on any atom is -0.372 e. The van der Waals surface area contributed by atoms with E-state index < -0.39 is 10.0 Å². The molecule has 0 saturated carbocycles. The zero-order valence-electron chi connectivity index (χ0n) is 16.9. The number of carbonyl (C=O) groups is 1. The van der Waals surface area contributed by atoms with E-state index in [-0.39, 0.29) is 33.6 Å². The number of nitrogens with one attached hydrogen (secondary N) is 1. The SMILES string of the molecule is Cc1ccc(NS(=O)(=O)c2ccc(Cl)c(C(=O)N3CC(C)OC(C)C3)c2)cc1C. The number of hydrogen-bond acceptors (Lipinski definition) is 4. The summed E-state index contributed by atoms with van der Waals surface area (Å²) in [6.45, 7) is 8.52. The van der Waals surface area contributed by atoms with E-state index in [2.05, 4.69) is 4.72 Å². The predicted octanol–water partition coefficient (Wildman–Crippen LogP) is 4.01. The highest BCUT2D eigenvalue weighted by Gasteiger charge is 2.28. The Labute approximate surface area is 176 Å². The van der Waals surface area contributed by atoms with Crippen LogP contribution in [0.2, 0.25) is 5.02 Å². The van der Waals surface area contributed by atoms with Gasteiger partial charge in [0.1, 0.15) is 0 Å². The van der Waals surface area contributed by atoms with Crippen LogP contribution in [0.5, 0.6) is 0 Å². The number of rotatable bonds is 4. The standard InChI is InChI=1S/C21H25ClN2O4S/c1-13-5-6-17(9-14(13)2)23-29(26,27)18-7-8-20(22)19(10-18)21(25)24-11-15(3)28-16(4)12-24/h5-10,15-16,23H,11-12H2,1-4H3. The summed E-state index contributed by atoms with van der Waals surface area (Å²) in [5, 5.41) is 0.215. The summed E-state index contributed by atoms with van der Waals surface area (Å²) in [7, 11) is -3.87. The van der Waals surface area contributed by atoms with Gasteiger partial charge in [-0.2, -0.15) is 0 Å². The maximum atomic E-state index is 13.0. The Morgan fingerprint density at radius 3 is 2.34 bits per heavy atom. The van der Waals surface area contributed by atoms with Crippen LogP contribution in [-0.4, -0.2) is 44.5 Å². The van der Waals surface area contributed by atoms with Gasteiger partial charge in [0.25, 0.3) is 15.9 Å². The number of hydrogen-bond donors (Lipinski definition) is 1. The molecule has 1 fully saturated rings. The quantitative estimate of drug-likeness (QED) is 0.785. The Morgan fingerprint density at radius 2 is 1.72 bits per heavy atom. The third-order valence-corrected chi connectivity index (χ3v) is 6.65. The maximum Gasteiger partial charge on any atom is 0.261 e. The molecule has 8 heteroatoms. The third kappa shape index (κ3) is 4.91. The molecule has 0 radical (unpaired) electrons. The second kappa shape index (κ2) is 8.34. The molecule has 2 unspecified atom stereocenters. The van der Waals surface area contributed by atoms with Crippen LogP contribution >= 0.6 is 11.6 Å². The number of aryl methyl sites for hydroxylation is 2. The summed E-state index contributed by atoms with van der Waals surface area (Å²) in [5.41, 5.74) is 2.68. The van der Waals surface area contributed by atoms with Gasteiger partial charge in [-0.05, 0) is 69.2 Å². The lowest BCUT2D eigenvalue weighted by Gasteiger charge is -2.35. The summed E-state index contributed by atoms with van der Waals surface area (Å²) in [5.74, 6) is -0.305. The lowest BCUT2D eigenvalue weighted by atomic mass is 10.1. The van der Waals surface area contributed by atoms with Crippen molar-refractivity contribution < 1.29 is 17.9 Å². The van der Waals surface area contributed by atoms with Crippen molar-refractivity contribution in [3.05, 3.63) is 58.1 Å². The molecule has 1 saturated heterocycles. The molecule has 1 amide bonds. The van der Waals surface area contributed by atoms with E-state index in [4.69, 9.17) is 16.3 Å². The first-order chi connectivity index (χ1) is 13.6. The van der Waals surface area contributed by atoms with Crippen LogP contribution in [0.15, 0.2) is 41.3 Å². The fraction of sp³-hybridized carbons (Fsp3) is 0.381. The molecule has 2 aromatic rings. The van der Waals surface area contributed by atoms with Crippen molar-refractivity contribution in [3.63, 3.8) is 0 Å². The summed E-state index contributed by atoms with van der Waals surface area (Å²) < 4.78 is 34.0. The summed E-state index contributed by atoms with van der Waals surface area (Å²) >= 11 is 6.24. The zero-order chi connectivity index (χ0) is 21.3. The van der Waals surface area contributed by atoms with Crippen LogP contribution in [-0.2, 0) is 14.8 Å². The molecule has 2 aromatic carbocycles. The first kappa shape index (κ1) is 21.6. The van der Waals surface area contributed by atoms with Crippen molar-refractivity contribution in [2.24, 2.45) is 0 Å². The second-order valence-corrected chi connectivity index (χ2v) is 9.60. The van der Waals surface area contributed by atoms with Crippen molar-refractivity contribution in [2.75, 3.05) is 17.8 Å².